The van der Waals surface area contributed by atoms with Crippen molar-refractivity contribution in [3.63, 3.8) is 0 Å². The maximum Gasteiger partial charge on any atom is 0.251 e. The lowest BCUT2D eigenvalue weighted by Gasteiger charge is -2.31. The highest BCUT2D eigenvalue weighted by molar-refractivity contribution is 5.96. The molecule has 1 aliphatic carbocycles. The van der Waals surface area contributed by atoms with Gasteiger partial charge in [-0.2, -0.15) is 0 Å². The van der Waals surface area contributed by atoms with Gasteiger partial charge in [0.2, 0.25) is 0 Å². The van der Waals surface area contributed by atoms with E-state index in [0.29, 0.717) is 17.8 Å². The van der Waals surface area contributed by atoms with E-state index in [-0.39, 0.29) is 30.7 Å². The minimum atomic E-state index is -0.0230. The zero-order valence-corrected chi connectivity index (χ0v) is 16.3. The lowest BCUT2D eigenvalue weighted by Crippen LogP contribution is -2.35. The van der Waals surface area contributed by atoms with Crippen LogP contribution in [0.3, 0.4) is 0 Å². The molecule has 0 spiro atoms. The van der Waals surface area contributed by atoms with Crippen LogP contribution >= 0.6 is 24.8 Å². The number of aryl methyl sites for hydroxylation is 1. The number of hydrogen-bond donors (Lipinski definition) is 2. The van der Waals surface area contributed by atoms with Crippen LogP contribution in [0, 0.1) is 6.92 Å². The van der Waals surface area contributed by atoms with Crippen molar-refractivity contribution in [3.05, 3.63) is 29.3 Å². The maximum absolute atomic E-state index is 12.2. The minimum Gasteiger partial charge on any atom is -0.399 e. The van der Waals surface area contributed by atoms with Gasteiger partial charge in [-0.05, 0) is 57.5 Å². The molecular weight excluding hydrogens is 345 g/mol. The van der Waals surface area contributed by atoms with E-state index in [1.165, 1.54) is 32.1 Å². The molecule has 0 heterocycles. The van der Waals surface area contributed by atoms with Crippen molar-refractivity contribution in [2.45, 2.75) is 51.5 Å². The Balaban J connectivity index is 0.00000264. The number of nitrogens with one attached hydrogen (secondary N) is 1. The molecule has 1 fully saturated rings. The van der Waals surface area contributed by atoms with Crippen LogP contribution in [0.2, 0.25) is 0 Å². The molecule has 1 amide bonds. The number of nitrogens with zero attached hydrogens (tertiary/aromatic N) is 1. The highest BCUT2D eigenvalue weighted by atomic mass is 35.5. The fourth-order valence-corrected chi connectivity index (χ4v) is 3.21. The Morgan fingerprint density at radius 2 is 1.92 bits per heavy atom. The van der Waals surface area contributed by atoms with Crippen LogP contribution in [0.4, 0.5) is 5.69 Å². The molecule has 0 aliphatic heterocycles. The molecule has 2 rings (SSSR count). The van der Waals surface area contributed by atoms with Crippen LogP contribution in [-0.2, 0) is 0 Å². The van der Waals surface area contributed by atoms with Gasteiger partial charge in [0.1, 0.15) is 0 Å². The second kappa shape index (κ2) is 11.6. The van der Waals surface area contributed by atoms with Gasteiger partial charge < -0.3 is 16.0 Å². The van der Waals surface area contributed by atoms with Crippen molar-refractivity contribution in [1.82, 2.24) is 10.2 Å². The standard InChI is InChI=1S/C18H29N3O.2ClH/c1-14-9-10-15(19)13-17(14)18(22)20-11-6-12-21(2)16-7-4-3-5-8-16;;/h9-10,13,16H,3-8,11-12,19H2,1-2H3,(H,20,22);2*1H. The number of carbonyl (C=O) groups excluding carboxylic acids is 1. The Labute approximate surface area is 158 Å². The van der Waals surface area contributed by atoms with Gasteiger partial charge in [-0.1, -0.05) is 25.3 Å². The highest BCUT2D eigenvalue weighted by Gasteiger charge is 2.17. The Kier molecular flexibility index (Phi) is 11.1. The van der Waals surface area contributed by atoms with Gasteiger partial charge in [0.15, 0.2) is 0 Å². The molecule has 0 atom stereocenters. The maximum atomic E-state index is 12.2. The molecule has 0 aromatic heterocycles. The normalized spacial score (nSPS) is 14.6. The topological polar surface area (TPSA) is 58.4 Å². The van der Waals surface area contributed by atoms with Crippen LogP contribution in [0.1, 0.15) is 54.4 Å². The molecule has 3 N–H and O–H groups in total. The number of hydrogen-bond acceptors (Lipinski definition) is 3. The lowest BCUT2D eigenvalue weighted by atomic mass is 9.94. The highest BCUT2D eigenvalue weighted by Crippen LogP contribution is 2.21. The molecule has 0 bridgehead atoms. The quantitative estimate of drug-likeness (QED) is 0.586. The monoisotopic (exact) mass is 375 g/mol. The molecule has 138 valence electrons. The van der Waals surface area contributed by atoms with Crippen LogP contribution < -0.4 is 11.1 Å². The van der Waals surface area contributed by atoms with E-state index in [2.05, 4.69) is 17.3 Å². The van der Waals surface area contributed by atoms with Crippen molar-refractivity contribution < 1.29 is 4.79 Å². The average Bonchev–Trinajstić information content (AvgIpc) is 2.54. The molecule has 0 saturated heterocycles. The first-order valence-corrected chi connectivity index (χ1v) is 8.42. The summed E-state index contributed by atoms with van der Waals surface area (Å²) < 4.78 is 0. The first-order valence-electron chi connectivity index (χ1n) is 8.42. The molecule has 6 heteroatoms. The Bertz CT molecular complexity index is 505. The predicted octanol–water partition coefficient (Wildman–Crippen LogP) is 3.81. The summed E-state index contributed by atoms with van der Waals surface area (Å²) in [5.74, 6) is -0.0230. The second-order valence-electron chi connectivity index (χ2n) is 6.46. The summed E-state index contributed by atoms with van der Waals surface area (Å²) in [6.45, 7) is 3.69. The Morgan fingerprint density at radius 3 is 2.58 bits per heavy atom. The van der Waals surface area contributed by atoms with Gasteiger partial charge in [-0.3, -0.25) is 4.79 Å². The van der Waals surface area contributed by atoms with Gasteiger partial charge >= 0.3 is 0 Å². The molecule has 1 saturated carbocycles. The number of halogens is 2. The number of anilines is 1. The van der Waals surface area contributed by atoms with E-state index in [1.54, 1.807) is 6.07 Å². The molecule has 24 heavy (non-hydrogen) atoms. The summed E-state index contributed by atoms with van der Waals surface area (Å²) in [7, 11) is 2.21. The van der Waals surface area contributed by atoms with Gasteiger partial charge in [0.05, 0.1) is 0 Å². The molecule has 0 unspecified atom stereocenters. The zero-order chi connectivity index (χ0) is 15.9. The summed E-state index contributed by atoms with van der Waals surface area (Å²) in [5, 5.41) is 3.00. The van der Waals surface area contributed by atoms with Crippen LogP contribution in [-0.4, -0.2) is 37.0 Å². The van der Waals surface area contributed by atoms with Crippen LogP contribution in [0.5, 0.6) is 0 Å². The fraction of sp³-hybridized carbons (Fsp3) is 0.611. The van der Waals surface area contributed by atoms with E-state index in [1.807, 2.05) is 19.1 Å². The summed E-state index contributed by atoms with van der Waals surface area (Å²) >= 11 is 0. The van der Waals surface area contributed by atoms with Gasteiger partial charge in [0.25, 0.3) is 5.91 Å². The smallest absolute Gasteiger partial charge is 0.251 e. The SMILES string of the molecule is Cc1ccc(N)cc1C(=O)NCCCN(C)C1CCCCC1.Cl.Cl. The Morgan fingerprint density at radius 1 is 1.25 bits per heavy atom. The minimum absolute atomic E-state index is 0. The number of rotatable bonds is 6. The van der Waals surface area contributed by atoms with E-state index in [9.17, 15) is 4.79 Å². The van der Waals surface area contributed by atoms with Crippen molar-refractivity contribution in [2.24, 2.45) is 0 Å². The van der Waals surface area contributed by atoms with Gasteiger partial charge in [-0.15, -0.1) is 24.8 Å². The summed E-state index contributed by atoms with van der Waals surface area (Å²) in [6.07, 6.45) is 7.75. The van der Waals surface area contributed by atoms with E-state index in [4.69, 9.17) is 5.73 Å². The van der Waals surface area contributed by atoms with Crippen molar-refractivity contribution in [1.29, 1.82) is 0 Å². The lowest BCUT2D eigenvalue weighted by molar-refractivity contribution is 0.0950. The third-order valence-electron chi connectivity index (χ3n) is 4.68. The van der Waals surface area contributed by atoms with Crippen LogP contribution in [0.15, 0.2) is 18.2 Å². The largest absolute Gasteiger partial charge is 0.399 e. The van der Waals surface area contributed by atoms with E-state index in [0.717, 1.165) is 24.6 Å². The number of benzene rings is 1. The summed E-state index contributed by atoms with van der Waals surface area (Å²) in [5.41, 5.74) is 8.03. The third-order valence-corrected chi connectivity index (χ3v) is 4.68. The molecule has 1 aromatic rings. The fourth-order valence-electron chi connectivity index (χ4n) is 3.21. The third kappa shape index (κ3) is 6.88. The first kappa shape index (κ1) is 23.0. The second-order valence-corrected chi connectivity index (χ2v) is 6.46. The number of nitrogen functional groups attached to an aromatic ring is 1. The van der Waals surface area contributed by atoms with Crippen molar-refractivity contribution in [3.8, 4) is 0 Å². The first-order chi connectivity index (χ1) is 10.6. The number of amides is 1. The molecule has 1 aliphatic rings. The molecule has 1 aromatic carbocycles. The van der Waals surface area contributed by atoms with Crippen molar-refractivity contribution >= 4 is 36.4 Å². The molecule has 4 nitrogen and oxygen atoms in total. The van der Waals surface area contributed by atoms with Gasteiger partial charge in [0, 0.05) is 23.8 Å². The summed E-state index contributed by atoms with van der Waals surface area (Å²) in [4.78, 5) is 14.6. The predicted molar refractivity (Wildman–Crippen MR) is 107 cm³/mol. The Hall–Kier alpha value is -0.970. The number of carbonyl (C=O) groups is 1. The van der Waals surface area contributed by atoms with E-state index >= 15 is 0 Å². The summed E-state index contributed by atoms with van der Waals surface area (Å²) in [6, 6.07) is 6.20. The van der Waals surface area contributed by atoms with Crippen LogP contribution in [0.25, 0.3) is 0 Å². The zero-order valence-electron chi connectivity index (χ0n) is 14.7. The number of nitrogens with two attached hydrogens (primary N) is 1. The molecule has 0 radical (unpaired) electrons. The average molecular weight is 376 g/mol. The molecular formula is C18H31Cl2N3O. The van der Waals surface area contributed by atoms with Gasteiger partial charge in [-0.25, -0.2) is 0 Å². The van der Waals surface area contributed by atoms with Crippen molar-refractivity contribution in [2.75, 3.05) is 25.9 Å². The van der Waals surface area contributed by atoms with E-state index < -0.39 is 0 Å².